The molecule has 0 saturated carbocycles. The number of nitrogens with zero attached hydrogens (tertiary/aromatic N) is 2. The largest absolute Gasteiger partial charge is 0.351 e. The molecule has 0 saturated heterocycles. The average molecular weight is 412 g/mol. The van der Waals surface area contributed by atoms with E-state index in [-0.39, 0.29) is 11.5 Å². The van der Waals surface area contributed by atoms with Gasteiger partial charge in [0.05, 0.1) is 0 Å². The molecule has 1 amide bonds. The van der Waals surface area contributed by atoms with Gasteiger partial charge in [-0.15, -0.1) is 0 Å². The lowest BCUT2D eigenvalue weighted by atomic mass is 10.1. The van der Waals surface area contributed by atoms with Gasteiger partial charge in [0.15, 0.2) is 0 Å². The van der Waals surface area contributed by atoms with Crippen LogP contribution in [0, 0.1) is 39.0 Å². The summed E-state index contributed by atoms with van der Waals surface area (Å²) in [5, 5.41) is 12.4. The fourth-order valence-corrected chi connectivity index (χ4v) is 3.95. The van der Waals surface area contributed by atoms with Gasteiger partial charge in [0.2, 0.25) is 0 Å². The van der Waals surface area contributed by atoms with E-state index in [0.717, 1.165) is 35.5 Å². The Morgan fingerprint density at radius 1 is 1.03 bits per heavy atom. The molecule has 1 aromatic heterocycles. The molecule has 4 nitrogen and oxygen atoms in total. The molecule has 1 N–H and O–H groups in total. The van der Waals surface area contributed by atoms with Crippen LogP contribution in [0.3, 0.4) is 0 Å². The second-order valence-corrected chi connectivity index (χ2v) is 8.02. The minimum absolute atomic E-state index is 0.125. The normalized spacial score (nSPS) is 11.3. The van der Waals surface area contributed by atoms with Crippen molar-refractivity contribution in [3.05, 3.63) is 93.8 Å². The predicted molar refractivity (Wildman–Crippen MR) is 126 cm³/mol. The Bertz CT molecular complexity index is 1130. The van der Waals surface area contributed by atoms with Crippen molar-refractivity contribution in [2.75, 3.05) is 6.54 Å². The van der Waals surface area contributed by atoms with Crippen LogP contribution in [-0.4, -0.2) is 17.0 Å². The quantitative estimate of drug-likeness (QED) is 0.323. The van der Waals surface area contributed by atoms with Gasteiger partial charge in [0.25, 0.3) is 5.91 Å². The zero-order chi connectivity index (χ0) is 22.4. The van der Waals surface area contributed by atoms with Gasteiger partial charge in [-0.25, -0.2) is 0 Å². The Morgan fingerprint density at radius 2 is 1.71 bits per heavy atom. The molecule has 0 radical (unpaired) electrons. The summed E-state index contributed by atoms with van der Waals surface area (Å²) in [7, 11) is 0. The molecule has 0 aliphatic heterocycles. The van der Waals surface area contributed by atoms with E-state index in [4.69, 9.17) is 0 Å². The van der Waals surface area contributed by atoms with Crippen LogP contribution < -0.4 is 5.32 Å². The van der Waals surface area contributed by atoms with Crippen LogP contribution in [0.15, 0.2) is 60.2 Å². The van der Waals surface area contributed by atoms with E-state index < -0.39 is 0 Å². The number of aryl methyl sites for hydroxylation is 4. The molecule has 1 heterocycles. The number of aromatic nitrogens is 1. The number of nitrogens with one attached hydrogen (secondary N) is 1. The molecular weight excluding hydrogens is 382 g/mol. The van der Waals surface area contributed by atoms with Crippen LogP contribution in [0.1, 0.15) is 40.1 Å². The fourth-order valence-electron chi connectivity index (χ4n) is 3.95. The zero-order valence-corrected chi connectivity index (χ0v) is 18.7. The molecule has 4 heteroatoms. The van der Waals surface area contributed by atoms with E-state index in [0.29, 0.717) is 6.54 Å². The van der Waals surface area contributed by atoms with Crippen LogP contribution in [-0.2, 0) is 11.2 Å². The maximum absolute atomic E-state index is 12.5. The summed E-state index contributed by atoms with van der Waals surface area (Å²) in [6.45, 7) is 8.76. The van der Waals surface area contributed by atoms with E-state index in [9.17, 15) is 10.1 Å². The topological polar surface area (TPSA) is 57.8 Å². The highest BCUT2D eigenvalue weighted by molar-refractivity contribution is 6.01. The molecule has 0 spiro atoms. The van der Waals surface area contributed by atoms with Gasteiger partial charge in [-0.1, -0.05) is 36.4 Å². The van der Waals surface area contributed by atoms with Gasteiger partial charge in [0, 0.05) is 23.6 Å². The Hall–Kier alpha value is -3.58. The van der Waals surface area contributed by atoms with E-state index in [1.807, 2.05) is 38.1 Å². The number of hydrogen-bond donors (Lipinski definition) is 1. The van der Waals surface area contributed by atoms with Crippen LogP contribution in [0.5, 0.6) is 0 Å². The number of benzene rings is 2. The van der Waals surface area contributed by atoms with Crippen LogP contribution in [0.4, 0.5) is 0 Å². The lowest BCUT2D eigenvalue weighted by Crippen LogP contribution is -2.25. The smallest absolute Gasteiger partial charge is 0.261 e. The Kier molecular flexibility index (Phi) is 7.10. The summed E-state index contributed by atoms with van der Waals surface area (Å²) >= 11 is 0. The molecule has 0 aliphatic rings. The molecule has 31 heavy (non-hydrogen) atoms. The minimum atomic E-state index is -0.327. The molecule has 158 valence electrons. The Morgan fingerprint density at radius 3 is 2.35 bits per heavy atom. The van der Waals surface area contributed by atoms with Gasteiger partial charge >= 0.3 is 0 Å². The summed E-state index contributed by atoms with van der Waals surface area (Å²) in [5.41, 5.74) is 7.82. The van der Waals surface area contributed by atoms with Gasteiger partial charge in [-0.2, -0.15) is 5.26 Å². The summed E-state index contributed by atoms with van der Waals surface area (Å²) in [5.74, 6) is -0.327. The number of rotatable bonds is 7. The lowest BCUT2D eigenvalue weighted by Gasteiger charge is -2.12. The summed E-state index contributed by atoms with van der Waals surface area (Å²) < 4.78 is 2.17. The molecule has 0 bridgehead atoms. The summed E-state index contributed by atoms with van der Waals surface area (Å²) in [6.07, 6.45) is 3.41. The summed E-state index contributed by atoms with van der Waals surface area (Å²) in [4.78, 5) is 12.5. The molecule has 0 atom stereocenters. The van der Waals surface area contributed by atoms with Crippen molar-refractivity contribution in [1.29, 1.82) is 5.26 Å². The number of amides is 1. The van der Waals surface area contributed by atoms with E-state index in [2.05, 4.69) is 60.1 Å². The molecule has 0 fully saturated rings. The SMILES string of the molecule is Cc1cc(C)cc(-n2c(C)cc(/C=C(/C#N)C(=O)NCCCc3ccccc3)c2C)c1. The van der Waals surface area contributed by atoms with Crippen molar-refractivity contribution in [2.24, 2.45) is 0 Å². The van der Waals surface area contributed by atoms with Crippen molar-refractivity contribution in [1.82, 2.24) is 9.88 Å². The standard InChI is InChI=1S/C27H29N3O/c1-19-13-20(2)15-26(14-19)30-21(3)16-24(22(30)4)17-25(18-28)27(31)29-12-8-11-23-9-6-5-7-10-23/h5-7,9-10,13-17H,8,11-12H2,1-4H3,(H,29,31)/b25-17-. The van der Waals surface area contributed by atoms with E-state index >= 15 is 0 Å². The van der Waals surface area contributed by atoms with Crippen molar-refractivity contribution < 1.29 is 4.79 Å². The number of carbonyl (C=O) groups excluding carboxylic acids is 1. The maximum Gasteiger partial charge on any atom is 0.261 e. The predicted octanol–water partition coefficient (Wildman–Crippen LogP) is 5.37. The van der Waals surface area contributed by atoms with Crippen molar-refractivity contribution >= 4 is 12.0 Å². The second-order valence-electron chi connectivity index (χ2n) is 8.02. The summed E-state index contributed by atoms with van der Waals surface area (Å²) in [6, 6.07) is 20.7. The molecular formula is C27H29N3O. The fraction of sp³-hybridized carbons (Fsp3) is 0.259. The number of hydrogen-bond acceptors (Lipinski definition) is 2. The van der Waals surface area contributed by atoms with Gasteiger partial charge < -0.3 is 9.88 Å². The highest BCUT2D eigenvalue weighted by atomic mass is 16.1. The first-order valence-electron chi connectivity index (χ1n) is 10.6. The average Bonchev–Trinajstić information content (AvgIpc) is 3.02. The van der Waals surface area contributed by atoms with Gasteiger partial charge in [-0.3, -0.25) is 4.79 Å². The van der Waals surface area contributed by atoms with Crippen LogP contribution >= 0.6 is 0 Å². The molecule has 0 unspecified atom stereocenters. The Balaban J connectivity index is 1.73. The first-order chi connectivity index (χ1) is 14.9. The van der Waals surface area contributed by atoms with E-state index in [1.165, 1.54) is 16.7 Å². The second kappa shape index (κ2) is 9.95. The molecule has 2 aromatic carbocycles. The third-order valence-corrected chi connectivity index (χ3v) is 5.37. The number of carbonyl (C=O) groups is 1. The molecule has 0 aliphatic carbocycles. The molecule has 3 aromatic rings. The third kappa shape index (κ3) is 5.52. The monoisotopic (exact) mass is 411 g/mol. The first-order valence-corrected chi connectivity index (χ1v) is 10.6. The van der Waals surface area contributed by atoms with Gasteiger partial charge in [0.1, 0.15) is 11.6 Å². The highest BCUT2D eigenvalue weighted by Crippen LogP contribution is 2.24. The van der Waals surface area contributed by atoms with Crippen LogP contribution in [0.2, 0.25) is 0 Å². The zero-order valence-electron chi connectivity index (χ0n) is 18.7. The highest BCUT2D eigenvalue weighted by Gasteiger charge is 2.14. The van der Waals surface area contributed by atoms with Crippen LogP contribution in [0.25, 0.3) is 11.8 Å². The third-order valence-electron chi connectivity index (χ3n) is 5.37. The minimum Gasteiger partial charge on any atom is -0.351 e. The van der Waals surface area contributed by atoms with E-state index in [1.54, 1.807) is 6.08 Å². The first kappa shape index (κ1) is 22.1. The lowest BCUT2D eigenvalue weighted by molar-refractivity contribution is -0.117. The van der Waals surface area contributed by atoms with Crippen molar-refractivity contribution in [2.45, 2.75) is 40.5 Å². The maximum atomic E-state index is 12.5. The van der Waals surface area contributed by atoms with Crippen molar-refractivity contribution in [3.63, 3.8) is 0 Å². The van der Waals surface area contributed by atoms with Gasteiger partial charge in [-0.05, 0) is 87.1 Å². The Labute approximate surface area is 184 Å². The number of nitriles is 1. The molecule has 3 rings (SSSR count). The van der Waals surface area contributed by atoms with Crippen molar-refractivity contribution in [3.8, 4) is 11.8 Å².